The molecule has 0 saturated carbocycles. The van der Waals surface area contributed by atoms with Crippen LogP contribution < -0.4 is 0 Å². The van der Waals surface area contributed by atoms with E-state index < -0.39 is 26.2 Å². The average Bonchev–Trinajstić information content (AvgIpc) is 2.41. The lowest BCUT2D eigenvalue weighted by molar-refractivity contribution is -0.160. The number of hydrogen-bond acceptors (Lipinski definition) is 5. The Labute approximate surface area is 135 Å². The molecule has 0 aliphatic carbocycles. The van der Waals surface area contributed by atoms with Crippen LogP contribution in [0, 0.1) is 5.92 Å². The van der Waals surface area contributed by atoms with Gasteiger partial charge in [-0.05, 0) is 31.0 Å². The van der Waals surface area contributed by atoms with Gasteiger partial charge in [-0.3, -0.25) is 9.59 Å². The average molecular weight is 330 g/mol. The summed E-state index contributed by atoms with van der Waals surface area (Å²) in [6.45, 7) is 14.4. The second kappa shape index (κ2) is 8.48. The number of hydrogen-bond donors (Lipinski definition) is 0. The summed E-state index contributed by atoms with van der Waals surface area (Å²) in [5.41, 5.74) is 0. The maximum Gasteiger partial charge on any atom is 0.320 e. The van der Waals surface area contributed by atoms with E-state index in [1.165, 1.54) is 14.2 Å². The second-order valence-electron chi connectivity index (χ2n) is 6.86. The van der Waals surface area contributed by atoms with E-state index in [2.05, 4.69) is 40.4 Å². The number of esters is 2. The van der Waals surface area contributed by atoms with Gasteiger partial charge in [0.25, 0.3) is 0 Å². The molecule has 0 rings (SSSR count). The van der Waals surface area contributed by atoms with E-state index in [0.29, 0.717) is 6.42 Å². The fraction of sp³-hybridized carbons (Fsp3) is 0.750. The molecular weight excluding hydrogens is 300 g/mol. The maximum absolute atomic E-state index is 11.8. The highest BCUT2D eigenvalue weighted by molar-refractivity contribution is 6.74. The van der Waals surface area contributed by atoms with E-state index in [0.717, 1.165) is 0 Å². The topological polar surface area (TPSA) is 61.8 Å². The molecule has 22 heavy (non-hydrogen) atoms. The zero-order valence-corrected chi connectivity index (χ0v) is 15.9. The van der Waals surface area contributed by atoms with E-state index in [1.807, 2.05) is 0 Å². The molecule has 0 heterocycles. The Balaban J connectivity index is 5.20. The first kappa shape index (κ1) is 20.9. The van der Waals surface area contributed by atoms with Crippen molar-refractivity contribution in [2.75, 3.05) is 14.2 Å². The van der Waals surface area contributed by atoms with Gasteiger partial charge in [-0.15, -0.1) is 6.58 Å². The fourth-order valence-electron chi connectivity index (χ4n) is 1.81. The van der Waals surface area contributed by atoms with Gasteiger partial charge in [0, 0.05) is 6.10 Å². The van der Waals surface area contributed by atoms with Crippen LogP contribution in [-0.2, 0) is 23.5 Å². The normalized spacial score (nSPS) is 13.6. The van der Waals surface area contributed by atoms with Crippen molar-refractivity contribution in [2.45, 2.75) is 57.8 Å². The van der Waals surface area contributed by atoms with Crippen LogP contribution in [-0.4, -0.2) is 40.6 Å². The van der Waals surface area contributed by atoms with E-state index in [9.17, 15) is 9.59 Å². The minimum absolute atomic E-state index is 0.0401. The van der Waals surface area contributed by atoms with Crippen molar-refractivity contribution >= 4 is 20.3 Å². The molecule has 0 fully saturated rings. The standard InChI is InChI=1S/C16H30O5Si/c1-9-10-12(21-22(7,8)16(2,3)4)11-13(14(17)19-5)15(18)20-6/h9,12-13H,1,10-11H2,2-8H3/t12-/m0/s1. The molecule has 0 N–H and O–H groups in total. The maximum atomic E-state index is 11.8. The van der Waals surface area contributed by atoms with Gasteiger partial charge in [0.1, 0.15) is 0 Å². The summed E-state index contributed by atoms with van der Waals surface area (Å²) in [7, 11) is 0.505. The Hall–Kier alpha value is -1.14. The zero-order chi connectivity index (χ0) is 17.6. The molecule has 0 aliphatic heterocycles. The molecule has 0 aromatic heterocycles. The molecule has 6 heteroatoms. The molecule has 0 aromatic rings. The minimum atomic E-state index is -2.01. The number of carbonyl (C=O) groups excluding carboxylic acids is 2. The highest BCUT2D eigenvalue weighted by atomic mass is 28.4. The first-order valence-electron chi connectivity index (χ1n) is 7.44. The molecule has 1 atom stereocenters. The number of rotatable bonds is 8. The third-order valence-corrected chi connectivity index (χ3v) is 8.70. The van der Waals surface area contributed by atoms with Crippen molar-refractivity contribution < 1.29 is 23.5 Å². The van der Waals surface area contributed by atoms with Crippen LogP contribution in [0.25, 0.3) is 0 Å². The molecule has 0 aliphatic rings. The SMILES string of the molecule is C=CC[C@@H](CC(C(=O)OC)C(=O)OC)O[Si](C)(C)C(C)(C)C. The fourth-order valence-corrected chi connectivity index (χ4v) is 3.19. The van der Waals surface area contributed by atoms with E-state index >= 15 is 0 Å². The van der Waals surface area contributed by atoms with Crippen LogP contribution in [0.5, 0.6) is 0 Å². The largest absolute Gasteiger partial charge is 0.468 e. The Morgan fingerprint density at radius 1 is 1.14 bits per heavy atom. The van der Waals surface area contributed by atoms with Gasteiger partial charge in [0.15, 0.2) is 14.2 Å². The lowest BCUT2D eigenvalue weighted by Gasteiger charge is -2.39. The monoisotopic (exact) mass is 330 g/mol. The van der Waals surface area contributed by atoms with E-state index in [-0.39, 0.29) is 17.6 Å². The van der Waals surface area contributed by atoms with Gasteiger partial charge in [-0.2, -0.15) is 0 Å². The Morgan fingerprint density at radius 2 is 1.59 bits per heavy atom. The predicted molar refractivity (Wildman–Crippen MR) is 89.0 cm³/mol. The van der Waals surface area contributed by atoms with Crippen molar-refractivity contribution in [1.82, 2.24) is 0 Å². The molecule has 0 unspecified atom stereocenters. The molecule has 0 amide bonds. The Bertz CT molecular complexity index is 382. The van der Waals surface area contributed by atoms with Gasteiger partial charge in [0.05, 0.1) is 14.2 Å². The van der Waals surface area contributed by atoms with Gasteiger partial charge in [-0.25, -0.2) is 0 Å². The quantitative estimate of drug-likeness (QED) is 0.296. The molecular formula is C16H30O5Si. The first-order valence-corrected chi connectivity index (χ1v) is 10.3. The van der Waals surface area contributed by atoms with Crippen LogP contribution in [0.3, 0.4) is 0 Å². The van der Waals surface area contributed by atoms with Gasteiger partial charge in [0.2, 0.25) is 0 Å². The van der Waals surface area contributed by atoms with Crippen molar-refractivity contribution in [3.8, 4) is 0 Å². The van der Waals surface area contributed by atoms with Crippen molar-refractivity contribution in [1.29, 1.82) is 0 Å². The summed E-state index contributed by atoms with van der Waals surface area (Å²) >= 11 is 0. The number of ether oxygens (including phenoxy) is 2. The molecule has 0 spiro atoms. The smallest absolute Gasteiger partial charge is 0.320 e. The van der Waals surface area contributed by atoms with Crippen molar-refractivity contribution in [2.24, 2.45) is 5.92 Å². The van der Waals surface area contributed by atoms with Crippen LogP contribution in [0.15, 0.2) is 12.7 Å². The molecule has 5 nitrogen and oxygen atoms in total. The van der Waals surface area contributed by atoms with E-state index in [4.69, 9.17) is 13.9 Å². The third kappa shape index (κ3) is 5.92. The van der Waals surface area contributed by atoms with Crippen molar-refractivity contribution in [3.63, 3.8) is 0 Å². The minimum Gasteiger partial charge on any atom is -0.468 e. The summed E-state index contributed by atoms with van der Waals surface area (Å²) in [5, 5.41) is 0.0401. The summed E-state index contributed by atoms with van der Waals surface area (Å²) in [6.07, 6.45) is 2.28. The number of carbonyl (C=O) groups is 2. The zero-order valence-electron chi connectivity index (χ0n) is 14.9. The summed E-state index contributed by atoms with van der Waals surface area (Å²) < 4.78 is 15.7. The van der Waals surface area contributed by atoms with Crippen LogP contribution in [0.1, 0.15) is 33.6 Å². The highest BCUT2D eigenvalue weighted by Gasteiger charge is 2.40. The molecule has 0 radical (unpaired) electrons. The third-order valence-electron chi connectivity index (χ3n) is 4.17. The summed E-state index contributed by atoms with van der Waals surface area (Å²) in [5.74, 6) is -2.16. The summed E-state index contributed by atoms with van der Waals surface area (Å²) in [4.78, 5) is 23.6. The Kier molecular flexibility index (Phi) is 8.04. The number of methoxy groups -OCH3 is 2. The second-order valence-corrected chi connectivity index (χ2v) is 11.6. The first-order chi connectivity index (χ1) is 10.00. The molecule has 128 valence electrons. The van der Waals surface area contributed by atoms with Gasteiger partial charge in [-0.1, -0.05) is 26.8 Å². The van der Waals surface area contributed by atoms with Gasteiger partial charge < -0.3 is 13.9 Å². The van der Waals surface area contributed by atoms with E-state index in [1.54, 1.807) is 6.08 Å². The molecule has 0 saturated heterocycles. The molecule has 0 aromatic carbocycles. The van der Waals surface area contributed by atoms with Crippen LogP contribution >= 0.6 is 0 Å². The van der Waals surface area contributed by atoms with Crippen LogP contribution in [0.2, 0.25) is 18.1 Å². The highest BCUT2D eigenvalue weighted by Crippen LogP contribution is 2.38. The Morgan fingerprint density at radius 3 is 1.91 bits per heavy atom. The lowest BCUT2D eigenvalue weighted by Crippen LogP contribution is -2.45. The van der Waals surface area contributed by atoms with Crippen LogP contribution in [0.4, 0.5) is 0 Å². The van der Waals surface area contributed by atoms with Gasteiger partial charge >= 0.3 is 11.9 Å². The lowest BCUT2D eigenvalue weighted by atomic mass is 10.00. The van der Waals surface area contributed by atoms with Crippen molar-refractivity contribution in [3.05, 3.63) is 12.7 Å². The molecule has 0 bridgehead atoms. The summed E-state index contributed by atoms with van der Waals surface area (Å²) in [6, 6.07) is 0. The predicted octanol–water partition coefficient (Wildman–Crippen LogP) is 3.31.